The van der Waals surface area contributed by atoms with E-state index in [1.54, 1.807) is 18.2 Å². The number of carbonyl (C=O) groups excluding carboxylic acids is 2. The van der Waals surface area contributed by atoms with Gasteiger partial charge in [0.05, 0.1) is 18.3 Å². The average molecular weight is 498 g/mol. The first-order chi connectivity index (χ1) is 18.0. The number of hydrogen-bond donors (Lipinski definition) is 1. The zero-order valence-corrected chi connectivity index (χ0v) is 20.0. The van der Waals surface area contributed by atoms with E-state index in [1.165, 1.54) is 40.1 Å². The Morgan fingerprint density at radius 2 is 1.84 bits per heavy atom. The number of benzene rings is 3. The molecule has 0 bridgehead atoms. The van der Waals surface area contributed by atoms with Crippen LogP contribution in [0.15, 0.2) is 95.6 Å². The number of nitrogens with one attached hydrogen (secondary N) is 1. The molecule has 0 aliphatic carbocycles. The van der Waals surface area contributed by atoms with Crippen LogP contribution in [0.25, 0.3) is 11.0 Å². The minimum Gasteiger partial charge on any atom is -0.467 e. The van der Waals surface area contributed by atoms with Gasteiger partial charge in [0.1, 0.15) is 29.7 Å². The van der Waals surface area contributed by atoms with Gasteiger partial charge in [-0.25, -0.2) is 9.07 Å². The third-order valence-electron chi connectivity index (χ3n) is 5.96. The molecule has 5 aromatic rings. The third-order valence-corrected chi connectivity index (χ3v) is 5.96. The summed E-state index contributed by atoms with van der Waals surface area (Å²) in [7, 11) is 0. The Morgan fingerprint density at radius 1 is 1.03 bits per heavy atom. The molecule has 1 N–H and O–H groups in total. The summed E-state index contributed by atoms with van der Waals surface area (Å²) in [4.78, 5) is 29.0. The first kappa shape index (κ1) is 23.9. The molecule has 0 spiro atoms. The fraction of sp³-hybridized carbons (Fsp3) is 0.143. The number of furan rings is 1. The summed E-state index contributed by atoms with van der Waals surface area (Å²) < 4.78 is 20.7. The van der Waals surface area contributed by atoms with Gasteiger partial charge in [-0.2, -0.15) is 0 Å². The van der Waals surface area contributed by atoms with Gasteiger partial charge in [-0.1, -0.05) is 41.6 Å². The average Bonchev–Trinajstić information content (AvgIpc) is 3.57. The number of amides is 2. The van der Waals surface area contributed by atoms with Crippen molar-refractivity contribution in [1.82, 2.24) is 20.3 Å². The number of hydrogen-bond acceptors (Lipinski definition) is 5. The summed E-state index contributed by atoms with van der Waals surface area (Å²) in [6, 6.07) is 22.6. The molecule has 3 aromatic carbocycles. The topological polar surface area (TPSA) is 93.3 Å². The number of nitrogens with zero attached hydrogens (tertiary/aromatic N) is 4. The number of para-hydroxylation sites is 1. The van der Waals surface area contributed by atoms with Gasteiger partial charge in [0.2, 0.25) is 11.8 Å². The number of carbonyl (C=O) groups is 2. The van der Waals surface area contributed by atoms with E-state index in [4.69, 9.17) is 4.42 Å². The van der Waals surface area contributed by atoms with Crippen LogP contribution >= 0.6 is 0 Å². The van der Waals surface area contributed by atoms with Crippen LogP contribution in [-0.4, -0.2) is 26.8 Å². The summed E-state index contributed by atoms with van der Waals surface area (Å²) in [5, 5.41) is 11.1. The van der Waals surface area contributed by atoms with Crippen LogP contribution in [0.1, 0.15) is 22.9 Å². The smallest absolute Gasteiger partial charge is 0.249 e. The zero-order chi connectivity index (χ0) is 25.8. The highest BCUT2D eigenvalue weighted by atomic mass is 19.1. The van der Waals surface area contributed by atoms with Crippen molar-refractivity contribution in [3.05, 3.63) is 114 Å². The summed E-state index contributed by atoms with van der Waals surface area (Å²) >= 11 is 0. The van der Waals surface area contributed by atoms with E-state index in [-0.39, 0.29) is 19.0 Å². The maximum absolute atomic E-state index is 13.9. The van der Waals surface area contributed by atoms with Gasteiger partial charge < -0.3 is 9.73 Å². The molecule has 186 valence electrons. The summed E-state index contributed by atoms with van der Waals surface area (Å²) in [6.45, 7) is 1.88. The van der Waals surface area contributed by atoms with Gasteiger partial charge in [0, 0.05) is 5.69 Å². The molecule has 0 saturated heterocycles. The first-order valence-corrected chi connectivity index (χ1v) is 11.7. The van der Waals surface area contributed by atoms with E-state index in [0.29, 0.717) is 28.0 Å². The maximum Gasteiger partial charge on any atom is 0.249 e. The van der Waals surface area contributed by atoms with Crippen LogP contribution in [-0.2, 0) is 22.7 Å². The summed E-state index contributed by atoms with van der Waals surface area (Å²) in [5.74, 6) is -0.709. The predicted octanol–water partition coefficient (Wildman–Crippen LogP) is 4.56. The van der Waals surface area contributed by atoms with E-state index in [0.717, 1.165) is 5.56 Å². The molecule has 37 heavy (non-hydrogen) atoms. The molecule has 0 saturated carbocycles. The van der Waals surface area contributed by atoms with Crippen LogP contribution in [0.5, 0.6) is 0 Å². The van der Waals surface area contributed by atoms with Crippen LogP contribution < -0.4 is 10.2 Å². The number of fused-ring (bicyclic) bond motifs is 1. The van der Waals surface area contributed by atoms with Crippen LogP contribution in [0, 0.1) is 12.7 Å². The van der Waals surface area contributed by atoms with Gasteiger partial charge in [0.15, 0.2) is 0 Å². The maximum atomic E-state index is 13.9. The molecule has 2 aromatic heterocycles. The van der Waals surface area contributed by atoms with Gasteiger partial charge in [-0.15, -0.1) is 5.10 Å². The second-order valence-electron chi connectivity index (χ2n) is 8.59. The molecule has 0 radical (unpaired) electrons. The number of anilines is 1. The van der Waals surface area contributed by atoms with Gasteiger partial charge in [0.25, 0.3) is 0 Å². The number of aryl methyl sites for hydroxylation is 1. The highest BCUT2D eigenvalue weighted by Crippen LogP contribution is 2.30. The molecule has 9 heteroatoms. The molecule has 0 aliphatic heterocycles. The summed E-state index contributed by atoms with van der Waals surface area (Å²) in [5.41, 5.74) is 3.24. The van der Waals surface area contributed by atoms with E-state index < -0.39 is 17.8 Å². The molecule has 0 fully saturated rings. The largest absolute Gasteiger partial charge is 0.467 e. The molecular weight excluding hydrogens is 473 g/mol. The molecule has 2 heterocycles. The van der Waals surface area contributed by atoms with Crippen molar-refractivity contribution >= 4 is 28.5 Å². The standard InChI is InChI=1S/C28H24FN5O3/c1-19-6-4-7-22(16-19)34(26(35)18-33-25-10-3-2-9-24(25)31-32-33)27(20-11-13-21(29)14-12-20)28(36)30-17-23-8-5-15-37-23/h2-16,27H,17-18H2,1H3,(H,30,36). The van der Waals surface area contributed by atoms with Crippen LogP contribution in [0.2, 0.25) is 0 Å². The molecule has 8 nitrogen and oxygen atoms in total. The van der Waals surface area contributed by atoms with E-state index in [2.05, 4.69) is 15.6 Å². The van der Waals surface area contributed by atoms with Crippen molar-refractivity contribution in [2.45, 2.75) is 26.1 Å². The predicted molar refractivity (Wildman–Crippen MR) is 136 cm³/mol. The Kier molecular flexibility index (Phi) is 6.76. The number of rotatable bonds is 8. The normalized spacial score (nSPS) is 11.8. The van der Waals surface area contributed by atoms with Crippen molar-refractivity contribution in [2.75, 3.05) is 4.90 Å². The number of aromatic nitrogens is 3. The summed E-state index contributed by atoms with van der Waals surface area (Å²) in [6.07, 6.45) is 1.52. The lowest BCUT2D eigenvalue weighted by molar-refractivity contribution is -0.127. The quantitative estimate of drug-likeness (QED) is 0.339. The minimum atomic E-state index is -1.08. The SMILES string of the molecule is Cc1cccc(N(C(=O)Cn2nnc3ccccc32)C(C(=O)NCc2ccco2)c2ccc(F)cc2)c1. The highest BCUT2D eigenvalue weighted by Gasteiger charge is 2.33. The second-order valence-corrected chi connectivity index (χ2v) is 8.59. The monoisotopic (exact) mass is 497 g/mol. The minimum absolute atomic E-state index is 0.132. The third kappa shape index (κ3) is 5.25. The fourth-order valence-corrected chi connectivity index (χ4v) is 4.20. The molecule has 1 atom stereocenters. The van der Waals surface area contributed by atoms with Crippen LogP contribution in [0.3, 0.4) is 0 Å². The van der Waals surface area contributed by atoms with E-state index >= 15 is 0 Å². The van der Waals surface area contributed by atoms with E-state index in [9.17, 15) is 14.0 Å². The Labute approximate surface area is 212 Å². The lowest BCUT2D eigenvalue weighted by Gasteiger charge is -2.31. The Hall–Kier alpha value is -4.79. The zero-order valence-electron chi connectivity index (χ0n) is 20.0. The second kappa shape index (κ2) is 10.4. The highest BCUT2D eigenvalue weighted by molar-refractivity contribution is 6.01. The lowest BCUT2D eigenvalue weighted by atomic mass is 10.0. The lowest BCUT2D eigenvalue weighted by Crippen LogP contribution is -2.45. The van der Waals surface area contributed by atoms with Crippen molar-refractivity contribution in [2.24, 2.45) is 0 Å². The van der Waals surface area contributed by atoms with E-state index in [1.807, 2.05) is 49.4 Å². The molecule has 2 amide bonds. The number of halogens is 1. The molecule has 1 unspecified atom stereocenters. The van der Waals surface area contributed by atoms with Crippen LogP contribution in [0.4, 0.5) is 10.1 Å². The van der Waals surface area contributed by atoms with Crippen molar-refractivity contribution in [1.29, 1.82) is 0 Å². The van der Waals surface area contributed by atoms with Crippen molar-refractivity contribution < 1.29 is 18.4 Å². The Bertz CT molecular complexity index is 1530. The molecule has 5 rings (SSSR count). The van der Waals surface area contributed by atoms with Crippen molar-refractivity contribution in [3.63, 3.8) is 0 Å². The Balaban J connectivity index is 1.56. The first-order valence-electron chi connectivity index (χ1n) is 11.7. The van der Waals surface area contributed by atoms with Gasteiger partial charge in [-0.3, -0.25) is 14.5 Å². The van der Waals surface area contributed by atoms with Gasteiger partial charge in [-0.05, 0) is 66.6 Å². The molecule has 0 aliphatic rings. The van der Waals surface area contributed by atoms with Crippen molar-refractivity contribution in [3.8, 4) is 0 Å². The fourth-order valence-electron chi connectivity index (χ4n) is 4.20. The Morgan fingerprint density at radius 3 is 2.59 bits per heavy atom. The van der Waals surface area contributed by atoms with Gasteiger partial charge >= 0.3 is 0 Å². The molecular formula is C28H24FN5O3.